The first-order chi connectivity index (χ1) is 6.66. The van der Waals surface area contributed by atoms with E-state index in [-0.39, 0.29) is 0 Å². The molecule has 0 aromatic carbocycles. The second-order valence-corrected chi connectivity index (χ2v) is 3.53. The summed E-state index contributed by atoms with van der Waals surface area (Å²) in [7, 11) is 0. The Kier molecular flexibility index (Phi) is 2.11. The Balaban J connectivity index is 2.29. The molecule has 0 spiro atoms. The van der Waals surface area contributed by atoms with Crippen LogP contribution < -0.4 is 5.32 Å². The molecule has 0 radical (unpaired) electrons. The quantitative estimate of drug-likeness (QED) is 0.701. The summed E-state index contributed by atoms with van der Waals surface area (Å²) in [6.45, 7) is 1.90. The van der Waals surface area contributed by atoms with Crippen molar-refractivity contribution in [2.45, 2.75) is 25.8 Å². The summed E-state index contributed by atoms with van der Waals surface area (Å²) in [5.74, 6) is -0.0809. The van der Waals surface area contributed by atoms with Crippen molar-refractivity contribution in [3.8, 4) is 0 Å². The Morgan fingerprint density at radius 3 is 3.14 bits per heavy atom. The Morgan fingerprint density at radius 1 is 1.64 bits per heavy atom. The molecule has 1 aromatic rings. The van der Waals surface area contributed by atoms with Gasteiger partial charge in [0, 0.05) is 5.69 Å². The molecule has 0 unspecified atom stereocenters. The highest BCUT2D eigenvalue weighted by Crippen LogP contribution is 2.22. The zero-order valence-corrected chi connectivity index (χ0v) is 7.95. The summed E-state index contributed by atoms with van der Waals surface area (Å²) in [4.78, 5) is 15.0. The number of aryl methyl sites for hydroxylation is 2. The summed E-state index contributed by atoms with van der Waals surface area (Å²) in [5.41, 5.74) is 2.01. The number of anilines is 1. The number of rotatable bonds is 1. The highest BCUT2D eigenvalue weighted by Gasteiger charge is 2.23. The molecule has 0 bridgehead atoms. The normalized spacial score (nSPS) is 19.6. The Hall–Kier alpha value is -1.58. The van der Waals surface area contributed by atoms with E-state index in [1.807, 2.05) is 19.1 Å². The van der Waals surface area contributed by atoms with Gasteiger partial charge in [-0.25, -0.2) is 9.78 Å². The van der Waals surface area contributed by atoms with Gasteiger partial charge < -0.3 is 10.4 Å². The first kappa shape index (κ1) is 8.99. The van der Waals surface area contributed by atoms with Crippen molar-refractivity contribution >= 4 is 11.8 Å². The Bertz CT molecular complexity index is 376. The van der Waals surface area contributed by atoms with Crippen molar-refractivity contribution in [2.75, 3.05) is 5.32 Å². The highest BCUT2D eigenvalue weighted by molar-refractivity contribution is 5.78. The van der Waals surface area contributed by atoms with Gasteiger partial charge in [-0.1, -0.05) is 6.07 Å². The van der Waals surface area contributed by atoms with Gasteiger partial charge in [0.2, 0.25) is 0 Å². The minimum atomic E-state index is -0.807. The van der Waals surface area contributed by atoms with E-state index in [9.17, 15) is 4.79 Å². The predicted octanol–water partition coefficient (Wildman–Crippen LogP) is 1.20. The molecule has 2 heterocycles. The van der Waals surface area contributed by atoms with Gasteiger partial charge in [-0.2, -0.15) is 0 Å². The topological polar surface area (TPSA) is 62.2 Å². The van der Waals surface area contributed by atoms with Crippen LogP contribution in [0, 0.1) is 6.92 Å². The Labute approximate surface area is 82.0 Å². The van der Waals surface area contributed by atoms with Crippen LogP contribution >= 0.6 is 0 Å². The number of aromatic nitrogens is 1. The van der Waals surface area contributed by atoms with Crippen molar-refractivity contribution in [1.82, 2.24) is 4.98 Å². The molecule has 1 aliphatic rings. The van der Waals surface area contributed by atoms with Crippen LogP contribution in [-0.4, -0.2) is 22.1 Å². The Morgan fingerprint density at radius 2 is 2.43 bits per heavy atom. The average Bonchev–Trinajstić information content (AvgIpc) is 2.16. The first-order valence-electron chi connectivity index (χ1n) is 4.62. The molecule has 1 aliphatic heterocycles. The summed E-state index contributed by atoms with van der Waals surface area (Å²) in [6.07, 6.45) is 1.42. The summed E-state index contributed by atoms with van der Waals surface area (Å²) < 4.78 is 0. The molecular formula is C10H12N2O2. The molecule has 74 valence electrons. The van der Waals surface area contributed by atoms with Gasteiger partial charge in [-0.05, 0) is 31.4 Å². The lowest BCUT2D eigenvalue weighted by molar-refractivity contribution is -0.138. The number of carboxylic acid groups (broad SMARTS) is 1. The molecule has 0 saturated heterocycles. The maximum Gasteiger partial charge on any atom is 0.326 e. The van der Waals surface area contributed by atoms with Crippen LogP contribution in [0.5, 0.6) is 0 Å². The van der Waals surface area contributed by atoms with Gasteiger partial charge in [0.15, 0.2) is 0 Å². The molecule has 0 aliphatic carbocycles. The van der Waals surface area contributed by atoms with E-state index in [4.69, 9.17) is 5.11 Å². The van der Waals surface area contributed by atoms with Crippen molar-refractivity contribution in [3.05, 3.63) is 23.4 Å². The number of nitrogens with one attached hydrogen (secondary N) is 1. The summed E-state index contributed by atoms with van der Waals surface area (Å²) >= 11 is 0. The van der Waals surface area contributed by atoms with Gasteiger partial charge in [-0.15, -0.1) is 0 Å². The van der Waals surface area contributed by atoms with E-state index in [0.29, 0.717) is 6.42 Å². The second-order valence-electron chi connectivity index (χ2n) is 3.53. The average molecular weight is 192 g/mol. The maximum atomic E-state index is 10.8. The van der Waals surface area contributed by atoms with Crippen molar-refractivity contribution < 1.29 is 9.90 Å². The monoisotopic (exact) mass is 192 g/mol. The van der Waals surface area contributed by atoms with Crippen LogP contribution in [-0.2, 0) is 11.2 Å². The number of aliphatic carboxylic acids is 1. The van der Waals surface area contributed by atoms with E-state index < -0.39 is 12.0 Å². The summed E-state index contributed by atoms with van der Waals surface area (Å²) in [6, 6.07) is 3.46. The third-order valence-electron chi connectivity index (χ3n) is 2.43. The van der Waals surface area contributed by atoms with Gasteiger partial charge in [0.05, 0.1) is 0 Å². The minimum Gasteiger partial charge on any atom is -0.480 e. The fraction of sp³-hybridized carbons (Fsp3) is 0.400. The fourth-order valence-electron chi connectivity index (χ4n) is 1.63. The number of pyridine rings is 1. The van der Waals surface area contributed by atoms with Crippen LogP contribution in [0.15, 0.2) is 12.1 Å². The molecule has 4 heteroatoms. The van der Waals surface area contributed by atoms with Crippen LogP contribution in [0.2, 0.25) is 0 Å². The standard InChI is InChI=1S/C10H12N2O2/c1-6-2-3-7-4-5-8(10(13)14)12-9(7)11-6/h2-3,8H,4-5H2,1H3,(H,11,12)(H,13,14)/t8-/m0/s1. The smallest absolute Gasteiger partial charge is 0.326 e. The van der Waals surface area contributed by atoms with E-state index in [1.165, 1.54) is 0 Å². The van der Waals surface area contributed by atoms with Crippen molar-refractivity contribution in [3.63, 3.8) is 0 Å². The number of nitrogens with zero attached hydrogens (tertiary/aromatic N) is 1. The molecule has 1 atom stereocenters. The minimum absolute atomic E-state index is 0.489. The number of hydrogen-bond acceptors (Lipinski definition) is 3. The SMILES string of the molecule is Cc1ccc2c(n1)N[C@H](C(=O)O)CC2. The molecule has 1 aromatic heterocycles. The van der Waals surface area contributed by atoms with Gasteiger partial charge in [0.1, 0.15) is 11.9 Å². The molecule has 0 fully saturated rings. The number of hydrogen-bond donors (Lipinski definition) is 2. The molecule has 2 rings (SSSR count). The first-order valence-corrected chi connectivity index (χ1v) is 4.62. The van der Waals surface area contributed by atoms with E-state index in [0.717, 1.165) is 23.5 Å². The highest BCUT2D eigenvalue weighted by atomic mass is 16.4. The molecule has 0 saturated carbocycles. The third-order valence-corrected chi connectivity index (χ3v) is 2.43. The number of carbonyl (C=O) groups is 1. The maximum absolute atomic E-state index is 10.8. The van der Waals surface area contributed by atoms with Crippen LogP contribution in [0.25, 0.3) is 0 Å². The summed E-state index contributed by atoms with van der Waals surface area (Å²) in [5, 5.41) is 11.8. The largest absolute Gasteiger partial charge is 0.480 e. The van der Waals surface area contributed by atoms with Gasteiger partial charge in [0.25, 0.3) is 0 Å². The zero-order valence-electron chi connectivity index (χ0n) is 7.95. The number of fused-ring (bicyclic) bond motifs is 1. The third kappa shape index (κ3) is 1.55. The lowest BCUT2D eigenvalue weighted by Crippen LogP contribution is -2.33. The lowest BCUT2D eigenvalue weighted by atomic mass is 10.0. The fourth-order valence-corrected chi connectivity index (χ4v) is 1.63. The van der Waals surface area contributed by atoms with Crippen molar-refractivity contribution in [1.29, 1.82) is 0 Å². The van der Waals surface area contributed by atoms with Crippen molar-refractivity contribution in [2.24, 2.45) is 0 Å². The van der Waals surface area contributed by atoms with Crippen LogP contribution in [0.4, 0.5) is 5.82 Å². The molecule has 2 N–H and O–H groups in total. The van der Waals surface area contributed by atoms with Crippen LogP contribution in [0.3, 0.4) is 0 Å². The molecular weight excluding hydrogens is 180 g/mol. The van der Waals surface area contributed by atoms with E-state index in [1.54, 1.807) is 0 Å². The van der Waals surface area contributed by atoms with E-state index >= 15 is 0 Å². The number of carboxylic acids is 1. The molecule has 4 nitrogen and oxygen atoms in total. The predicted molar refractivity (Wildman–Crippen MR) is 52.3 cm³/mol. The zero-order chi connectivity index (χ0) is 10.1. The van der Waals surface area contributed by atoms with Gasteiger partial charge >= 0.3 is 5.97 Å². The van der Waals surface area contributed by atoms with Gasteiger partial charge in [-0.3, -0.25) is 0 Å². The van der Waals surface area contributed by atoms with E-state index in [2.05, 4.69) is 10.3 Å². The molecule has 14 heavy (non-hydrogen) atoms. The molecule has 0 amide bonds. The van der Waals surface area contributed by atoms with Crippen LogP contribution in [0.1, 0.15) is 17.7 Å². The lowest BCUT2D eigenvalue weighted by Gasteiger charge is -2.23. The second kappa shape index (κ2) is 3.29.